The van der Waals surface area contributed by atoms with Crippen LogP contribution in [-0.4, -0.2) is 18.0 Å². The Balaban J connectivity index is 2.15. The topological polar surface area (TPSA) is 46.2 Å². The van der Waals surface area contributed by atoms with Gasteiger partial charge in [-0.1, -0.05) is 13.3 Å². The van der Waals surface area contributed by atoms with Crippen LogP contribution in [0.3, 0.4) is 0 Å². The van der Waals surface area contributed by atoms with Gasteiger partial charge in [-0.2, -0.15) is 13.2 Å². The van der Waals surface area contributed by atoms with Gasteiger partial charge in [0.05, 0.1) is 5.92 Å². The van der Waals surface area contributed by atoms with Gasteiger partial charge >= 0.3 is 6.18 Å². The lowest BCUT2D eigenvalue weighted by Crippen LogP contribution is -2.53. The predicted octanol–water partition coefficient (Wildman–Crippen LogP) is 3.19. The molecule has 0 aromatic carbocycles. The number of halogens is 3. The highest BCUT2D eigenvalue weighted by Gasteiger charge is 2.52. The van der Waals surface area contributed by atoms with Crippen molar-refractivity contribution in [1.82, 2.24) is 5.32 Å². The molecule has 0 aromatic heterocycles. The van der Waals surface area contributed by atoms with Crippen LogP contribution in [0.5, 0.6) is 0 Å². The third-order valence-electron chi connectivity index (χ3n) is 4.85. The predicted molar refractivity (Wildman–Crippen MR) is 66.6 cm³/mol. The maximum Gasteiger partial charge on any atom is 0.391 e. The Morgan fingerprint density at radius 3 is 2.35 bits per heavy atom. The van der Waals surface area contributed by atoms with Crippen LogP contribution in [0.2, 0.25) is 0 Å². The fraction of sp³-hybridized carbons (Fsp3) is 0.857. The van der Waals surface area contributed by atoms with Gasteiger partial charge in [0.15, 0.2) is 0 Å². The lowest BCUT2D eigenvalue weighted by Gasteiger charge is -2.47. The third kappa shape index (κ3) is 2.83. The molecule has 1 aliphatic carbocycles. The molecule has 1 aliphatic heterocycles. The molecule has 6 heteroatoms. The van der Waals surface area contributed by atoms with E-state index in [9.17, 15) is 22.8 Å². The molecule has 1 atom stereocenters. The van der Waals surface area contributed by atoms with Gasteiger partial charge in [-0.3, -0.25) is 14.9 Å². The molecule has 1 unspecified atom stereocenters. The summed E-state index contributed by atoms with van der Waals surface area (Å²) in [5.74, 6) is -2.24. The van der Waals surface area contributed by atoms with Crippen molar-refractivity contribution in [3.8, 4) is 0 Å². The monoisotopic (exact) mass is 291 g/mol. The number of rotatable bonds is 2. The molecule has 1 N–H and O–H groups in total. The van der Waals surface area contributed by atoms with Gasteiger partial charge < -0.3 is 0 Å². The number of carbonyl (C=O) groups excluding carboxylic acids is 2. The van der Waals surface area contributed by atoms with Crippen LogP contribution in [0.25, 0.3) is 0 Å². The van der Waals surface area contributed by atoms with E-state index in [-0.39, 0.29) is 37.0 Å². The van der Waals surface area contributed by atoms with Crippen molar-refractivity contribution in [3.05, 3.63) is 0 Å². The second-order valence-electron chi connectivity index (χ2n) is 6.11. The van der Waals surface area contributed by atoms with Gasteiger partial charge in [0.2, 0.25) is 11.8 Å². The number of carbonyl (C=O) groups is 2. The van der Waals surface area contributed by atoms with Gasteiger partial charge in [0, 0.05) is 12.3 Å². The molecule has 3 nitrogen and oxygen atoms in total. The molecule has 1 spiro atoms. The van der Waals surface area contributed by atoms with E-state index in [1.165, 1.54) is 0 Å². The molecule has 114 valence electrons. The summed E-state index contributed by atoms with van der Waals surface area (Å²) in [6.45, 7) is 1.94. The highest BCUT2D eigenvalue weighted by Crippen LogP contribution is 2.52. The summed E-state index contributed by atoms with van der Waals surface area (Å²) >= 11 is 0. The number of imide groups is 1. The average molecular weight is 291 g/mol. The minimum atomic E-state index is -4.16. The van der Waals surface area contributed by atoms with Crippen LogP contribution < -0.4 is 5.32 Å². The zero-order chi connectivity index (χ0) is 15.0. The molecule has 0 aromatic rings. The molecule has 2 rings (SSSR count). The Hall–Kier alpha value is -1.07. The van der Waals surface area contributed by atoms with Gasteiger partial charge in [-0.05, 0) is 37.5 Å². The second-order valence-corrected chi connectivity index (χ2v) is 6.11. The average Bonchev–Trinajstić information content (AvgIpc) is 2.33. The highest BCUT2D eigenvalue weighted by atomic mass is 19.4. The molecular weight excluding hydrogens is 271 g/mol. The summed E-state index contributed by atoms with van der Waals surface area (Å²) in [6.07, 6.45) is -1.85. The van der Waals surface area contributed by atoms with Crippen LogP contribution in [0.1, 0.15) is 51.9 Å². The standard InChI is InChI=1S/C14H20F3NO2/c1-2-3-10-12(20)18-11(19)8-13(10)6-4-9(5-7-13)14(15,16)17/h9-10H,2-8H2,1H3,(H,18,19,20). The van der Waals surface area contributed by atoms with Crippen LogP contribution in [0, 0.1) is 17.3 Å². The van der Waals surface area contributed by atoms with Crippen LogP contribution in [-0.2, 0) is 9.59 Å². The maximum atomic E-state index is 12.7. The summed E-state index contributed by atoms with van der Waals surface area (Å²) in [4.78, 5) is 23.6. The largest absolute Gasteiger partial charge is 0.391 e. The van der Waals surface area contributed by atoms with Crippen molar-refractivity contribution in [2.75, 3.05) is 0 Å². The lowest BCUT2D eigenvalue weighted by molar-refractivity contribution is -0.191. The fourth-order valence-electron chi connectivity index (χ4n) is 3.76. The van der Waals surface area contributed by atoms with Crippen molar-refractivity contribution in [2.45, 2.75) is 58.0 Å². The molecule has 2 aliphatic rings. The summed E-state index contributed by atoms with van der Waals surface area (Å²) in [5, 5.41) is 2.33. The number of nitrogens with one attached hydrogen (secondary N) is 1. The van der Waals surface area contributed by atoms with Crippen molar-refractivity contribution >= 4 is 11.8 Å². The molecule has 1 heterocycles. The van der Waals surface area contributed by atoms with Gasteiger partial charge in [-0.25, -0.2) is 0 Å². The Kier molecular flexibility index (Phi) is 4.12. The first kappa shape index (κ1) is 15.3. The van der Waals surface area contributed by atoms with E-state index in [2.05, 4.69) is 5.32 Å². The smallest absolute Gasteiger partial charge is 0.296 e. The summed E-state index contributed by atoms with van der Waals surface area (Å²) in [6, 6.07) is 0. The van der Waals surface area contributed by atoms with E-state index >= 15 is 0 Å². The van der Waals surface area contributed by atoms with Crippen molar-refractivity contribution in [1.29, 1.82) is 0 Å². The Morgan fingerprint density at radius 1 is 1.25 bits per heavy atom. The zero-order valence-electron chi connectivity index (χ0n) is 11.6. The summed E-state index contributed by atoms with van der Waals surface area (Å²) < 4.78 is 38.2. The quantitative estimate of drug-likeness (QED) is 0.794. The number of alkyl halides is 3. The maximum absolute atomic E-state index is 12.7. The van der Waals surface area contributed by atoms with Gasteiger partial charge in [-0.15, -0.1) is 0 Å². The minimum Gasteiger partial charge on any atom is -0.296 e. The molecule has 1 saturated heterocycles. The van der Waals surface area contributed by atoms with E-state index in [4.69, 9.17) is 0 Å². The Morgan fingerprint density at radius 2 is 1.85 bits per heavy atom. The summed E-state index contributed by atoms with van der Waals surface area (Å²) in [5.41, 5.74) is -0.544. The fourth-order valence-corrected chi connectivity index (χ4v) is 3.76. The lowest BCUT2D eigenvalue weighted by atomic mass is 9.59. The SMILES string of the molecule is CCCC1C(=O)NC(=O)CC12CCC(C(F)(F)F)CC2. The van der Waals surface area contributed by atoms with E-state index < -0.39 is 17.5 Å². The van der Waals surface area contributed by atoms with Crippen molar-refractivity contribution in [2.24, 2.45) is 17.3 Å². The zero-order valence-corrected chi connectivity index (χ0v) is 11.6. The third-order valence-corrected chi connectivity index (χ3v) is 4.85. The molecule has 2 amide bonds. The van der Waals surface area contributed by atoms with Gasteiger partial charge in [0.1, 0.15) is 0 Å². The number of piperidine rings is 1. The molecule has 0 bridgehead atoms. The minimum absolute atomic E-state index is 0.0320. The van der Waals surface area contributed by atoms with Crippen LogP contribution in [0.15, 0.2) is 0 Å². The number of hydrogen-bond acceptors (Lipinski definition) is 2. The van der Waals surface area contributed by atoms with Crippen molar-refractivity contribution < 1.29 is 22.8 Å². The van der Waals surface area contributed by atoms with E-state index in [1.807, 2.05) is 6.92 Å². The first-order chi connectivity index (χ1) is 9.28. The van der Waals surface area contributed by atoms with Gasteiger partial charge in [0.25, 0.3) is 0 Å². The normalized spacial score (nSPS) is 35.2. The molecule has 20 heavy (non-hydrogen) atoms. The second kappa shape index (κ2) is 5.37. The molecule has 2 fully saturated rings. The highest BCUT2D eigenvalue weighted by molar-refractivity contribution is 5.99. The Labute approximate surface area is 116 Å². The number of amides is 2. The van der Waals surface area contributed by atoms with Crippen molar-refractivity contribution in [3.63, 3.8) is 0 Å². The summed E-state index contributed by atoms with van der Waals surface area (Å²) in [7, 11) is 0. The number of hydrogen-bond donors (Lipinski definition) is 1. The molecular formula is C14H20F3NO2. The molecule has 0 radical (unpaired) electrons. The Bertz CT molecular complexity index is 398. The van der Waals surface area contributed by atoms with E-state index in [0.29, 0.717) is 19.3 Å². The van der Waals surface area contributed by atoms with E-state index in [0.717, 1.165) is 6.42 Å². The van der Waals surface area contributed by atoms with E-state index in [1.54, 1.807) is 0 Å². The van der Waals surface area contributed by atoms with Crippen LogP contribution in [0.4, 0.5) is 13.2 Å². The first-order valence-electron chi connectivity index (χ1n) is 7.19. The molecule has 1 saturated carbocycles. The first-order valence-corrected chi connectivity index (χ1v) is 7.19. The van der Waals surface area contributed by atoms with Crippen LogP contribution >= 0.6 is 0 Å².